The molecule has 2 N–H and O–H groups in total. The van der Waals surface area contributed by atoms with Crippen LogP contribution < -0.4 is 5.32 Å². The normalized spacial score (nSPS) is 14.4. The van der Waals surface area contributed by atoms with Gasteiger partial charge in [0.05, 0.1) is 5.92 Å². The third-order valence-electron chi connectivity index (χ3n) is 2.60. The molecule has 88 valence electrons. The molecule has 0 heterocycles. The number of nitrogens with one attached hydrogen (secondary N) is 1. The van der Waals surface area contributed by atoms with Crippen molar-refractivity contribution in [3.8, 4) is 0 Å². The first-order chi connectivity index (χ1) is 6.91. The van der Waals surface area contributed by atoms with Gasteiger partial charge in [-0.15, -0.1) is 0 Å². The van der Waals surface area contributed by atoms with E-state index >= 15 is 0 Å². The maximum absolute atomic E-state index is 11.7. The Labute approximate surface area is 90.5 Å². The molecule has 5 heteroatoms. The van der Waals surface area contributed by atoms with Gasteiger partial charge < -0.3 is 15.3 Å². The zero-order chi connectivity index (χ0) is 12.0. The third-order valence-corrected chi connectivity index (χ3v) is 2.60. The number of hydrogen-bond donors (Lipinski definition) is 2. The fourth-order valence-electron chi connectivity index (χ4n) is 1.17. The molecule has 1 amide bonds. The summed E-state index contributed by atoms with van der Waals surface area (Å²) in [6.07, 6.45) is 0. The maximum Gasteiger partial charge on any atom is 0.307 e. The number of likely N-dealkylation sites (N-methyl/N-ethyl adjacent to an activating group) is 2. The number of aliphatic carboxylic acids is 1. The minimum Gasteiger partial charge on any atom is -0.481 e. The second-order valence-corrected chi connectivity index (χ2v) is 3.78. The minimum absolute atomic E-state index is 0.125. The van der Waals surface area contributed by atoms with E-state index in [-0.39, 0.29) is 5.91 Å². The van der Waals surface area contributed by atoms with Crippen LogP contribution in [0.25, 0.3) is 0 Å². The van der Waals surface area contributed by atoms with Crippen LogP contribution in [0.1, 0.15) is 13.8 Å². The Morgan fingerprint density at radius 1 is 1.33 bits per heavy atom. The van der Waals surface area contributed by atoms with Crippen LogP contribution >= 0.6 is 0 Å². The number of nitrogens with zero attached hydrogens (tertiary/aromatic N) is 1. The summed E-state index contributed by atoms with van der Waals surface area (Å²) in [5, 5.41) is 11.7. The van der Waals surface area contributed by atoms with Gasteiger partial charge in [0.1, 0.15) is 0 Å². The number of carboxylic acid groups (broad SMARTS) is 1. The fourth-order valence-corrected chi connectivity index (χ4v) is 1.17. The molecule has 0 aromatic heterocycles. The summed E-state index contributed by atoms with van der Waals surface area (Å²) in [5.41, 5.74) is 0. The molecule has 0 saturated heterocycles. The van der Waals surface area contributed by atoms with Gasteiger partial charge in [-0.25, -0.2) is 0 Å². The number of carbonyl (C=O) groups is 2. The molecule has 0 aliphatic carbocycles. The van der Waals surface area contributed by atoms with E-state index in [4.69, 9.17) is 5.11 Å². The highest BCUT2D eigenvalue weighted by molar-refractivity contribution is 5.84. The van der Waals surface area contributed by atoms with Crippen molar-refractivity contribution in [1.82, 2.24) is 10.2 Å². The molecule has 0 aromatic rings. The molecule has 0 radical (unpaired) electrons. The number of carbonyl (C=O) groups excluding carboxylic acids is 1. The monoisotopic (exact) mass is 216 g/mol. The maximum atomic E-state index is 11.7. The zero-order valence-electron chi connectivity index (χ0n) is 9.78. The number of hydrogen-bond acceptors (Lipinski definition) is 3. The summed E-state index contributed by atoms with van der Waals surface area (Å²) in [5.74, 6) is -2.18. The Hall–Kier alpha value is -1.10. The highest BCUT2D eigenvalue weighted by Gasteiger charge is 2.27. The molecular formula is C10H20N2O3. The molecule has 5 nitrogen and oxygen atoms in total. The van der Waals surface area contributed by atoms with Crippen LogP contribution in [-0.2, 0) is 9.59 Å². The van der Waals surface area contributed by atoms with Gasteiger partial charge in [-0.3, -0.25) is 9.59 Å². The van der Waals surface area contributed by atoms with E-state index in [2.05, 4.69) is 5.32 Å². The zero-order valence-corrected chi connectivity index (χ0v) is 9.78. The summed E-state index contributed by atoms with van der Waals surface area (Å²) < 4.78 is 0. The van der Waals surface area contributed by atoms with E-state index in [1.807, 2.05) is 7.05 Å². The molecule has 0 bridgehead atoms. The van der Waals surface area contributed by atoms with E-state index in [0.717, 1.165) is 0 Å². The Bertz CT molecular complexity index is 231. The molecule has 2 unspecified atom stereocenters. The number of rotatable bonds is 6. The Morgan fingerprint density at radius 3 is 2.27 bits per heavy atom. The highest BCUT2D eigenvalue weighted by Crippen LogP contribution is 2.13. The molecule has 2 atom stereocenters. The van der Waals surface area contributed by atoms with Gasteiger partial charge in [0.25, 0.3) is 0 Å². The summed E-state index contributed by atoms with van der Waals surface area (Å²) >= 11 is 0. The fraction of sp³-hybridized carbons (Fsp3) is 0.800. The molecule has 15 heavy (non-hydrogen) atoms. The van der Waals surface area contributed by atoms with Gasteiger partial charge in [-0.05, 0) is 7.05 Å². The Kier molecular flexibility index (Phi) is 5.93. The first kappa shape index (κ1) is 13.9. The van der Waals surface area contributed by atoms with Crippen LogP contribution in [0.3, 0.4) is 0 Å². The largest absolute Gasteiger partial charge is 0.481 e. The first-order valence-electron chi connectivity index (χ1n) is 5.04. The summed E-state index contributed by atoms with van der Waals surface area (Å²) in [6, 6.07) is 0. The van der Waals surface area contributed by atoms with Crippen LogP contribution in [0, 0.1) is 11.8 Å². The minimum atomic E-state index is -0.933. The van der Waals surface area contributed by atoms with Gasteiger partial charge in [0.15, 0.2) is 0 Å². The van der Waals surface area contributed by atoms with Crippen molar-refractivity contribution >= 4 is 11.9 Å². The molecule has 0 aliphatic heterocycles. The number of carboxylic acids is 1. The molecule has 0 rings (SSSR count). The van der Waals surface area contributed by atoms with Crippen LogP contribution in [0.15, 0.2) is 0 Å². The van der Waals surface area contributed by atoms with Crippen LogP contribution in [-0.4, -0.2) is 49.1 Å². The average molecular weight is 216 g/mol. The predicted molar refractivity (Wildman–Crippen MR) is 57.5 cm³/mol. The van der Waals surface area contributed by atoms with Gasteiger partial charge in [-0.2, -0.15) is 0 Å². The lowest BCUT2D eigenvalue weighted by atomic mass is 9.95. The van der Waals surface area contributed by atoms with E-state index in [1.165, 1.54) is 0 Å². The van der Waals surface area contributed by atoms with Crippen molar-refractivity contribution in [1.29, 1.82) is 0 Å². The quantitative estimate of drug-likeness (QED) is 0.657. The van der Waals surface area contributed by atoms with Crippen LogP contribution in [0.4, 0.5) is 0 Å². The Balaban J connectivity index is 4.24. The first-order valence-corrected chi connectivity index (χ1v) is 5.04. The second kappa shape index (κ2) is 6.40. The van der Waals surface area contributed by atoms with Gasteiger partial charge >= 0.3 is 5.97 Å². The van der Waals surface area contributed by atoms with Crippen LogP contribution in [0.2, 0.25) is 0 Å². The topological polar surface area (TPSA) is 69.6 Å². The SMILES string of the molecule is CNCCN(C)C(=O)C(C)C(C)C(=O)O. The molecule has 0 fully saturated rings. The lowest BCUT2D eigenvalue weighted by Gasteiger charge is -2.23. The molecule has 0 aromatic carbocycles. The highest BCUT2D eigenvalue weighted by atomic mass is 16.4. The van der Waals surface area contributed by atoms with Crippen LogP contribution in [0.5, 0.6) is 0 Å². The van der Waals surface area contributed by atoms with E-state index in [9.17, 15) is 9.59 Å². The van der Waals surface area contributed by atoms with E-state index < -0.39 is 17.8 Å². The molecular weight excluding hydrogens is 196 g/mol. The second-order valence-electron chi connectivity index (χ2n) is 3.78. The van der Waals surface area contributed by atoms with E-state index in [0.29, 0.717) is 13.1 Å². The molecule has 0 aliphatic rings. The summed E-state index contributed by atoms with van der Waals surface area (Å²) in [4.78, 5) is 24.0. The van der Waals surface area contributed by atoms with Gasteiger partial charge in [0.2, 0.25) is 5.91 Å². The van der Waals surface area contributed by atoms with Crippen molar-refractivity contribution in [2.45, 2.75) is 13.8 Å². The van der Waals surface area contributed by atoms with Gasteiger partial charge in [0, 0.05) is 26.1 Å². The van der Waals surface area contributed by atoms with Crippen molar-refractivity contribution in [3.63, 3.8) is 0 Å². The molecule has 0 saturated carbocycles. The predicted octanol–water partition coefficient (Wildman–Crippen LogP) is 0.0210. The standard InChI is InChI=1S/C10H20N2O3/c1-7(8(2)10(14)15)9(13)12(4)6-5-11-3/h7-8,11H,5-6H2,1-4H3,(H,14,15). The summed E-state index contributed by atoms with van der Waals surface area (Å²) in [7, 11) is 3.49. The third kappa shape index (κ3) is 4.29. The van der Waals surface area contributed by atoms with Gasteiger partial charge in [-0.1, -0.05) is 13.8 Å². The summed E-state index contributed by atoms with van der Waals surface area (Å²) in [6.45, 7) is 4.50. The lowest BCUT2D eigenvalue weighted by Crippen LogP contribution is -2.39. The van der Waals surface area contributed by atoms with Crippen molar-refractivity contribution < 1.29 is 14.7 Å². The van der Waals surface area contributed by atoms with Crippen molar-refractivity contribution in [2.75, 3.05) is 27.2 Å². The smallest absolute Gasteiger partial charge is 0.307 e. The number of amides is 1. The van der Waals surface area contributed by atoms with E-state index in [1.54, 1.807) is 25.8 Å². The average Bonchev–Trinajstić information content (AvgIpc) is 2.22. The van der Waals surface area contributed by atoms with Crippen molar-refractivity contribution in [3.05, 3.63) is 0 Å². The lowest BCUT2D eigenvalue weighted by molar-refractivity contribution is -0.148. The molecule has 0 spiro atoms. The van der Waals surface area contributed by atoms with Crippen molar-refractivity contribution in [2.24, 2.45) is 11.8 Å². The Morgan fingerprint density at radius 2 is 1.87 bits per heavy atom.